The van der Waals surface area contributed by atoms with Crippen LogP contribution in [0.3, 0.4) is 0 Å². The fraction of sp³-hybridized carbons (Fsp3) is 0.800. The highest BCUT2D eigenvalue weighted by Crippen LogP contribution is 1.99. The SMILES string of the molecule is CCC[C@@H](NC(=O)CCC(C)N)C(=O)O. The zero-order valence-electron chi connectivity index (χ0n) is 9.32. The van der Waals surface area contributed by atoms with E-state index in [4.69, 9.17) is 10.8 Å². The number of carboxylic acid groups (broad SMARTS) is 1. The molecular weight excluding hydrogens is 196 g/mol. The highest BCUT2D eigenvalue weighted by molar-refractivity contribution is 5.83. The Labute approximate surface area is 90.0 Å². The fourth-order valence-corrected chi connectivity index (χ4v) is 1.17. The summed E-state index contributed by atoms with van der Waals surface area (Å²) in [5, 5.41) is 11.3. The van der Waals surface area contributed by atoms with E-state index >= 15 is 0 Å². The highest BCUT2D eigenvalue weighted by atomic mass is 16.4. The van der Waals surface area contributed by atoms with Gasteiger partial charge in [0.15, 0.2) is 0 Å². The molecule has 2 atom stereocenters. The average Bonchev–Trinajstić information content (AvgIpc) is 2.14. The van der Waals surface area contributed by atoms with Gasteiger partial charge >= 0.3 is 5.97 Å². The third-order valence-electron chi connectivity index (χ3n) is 2.04. The summed E-state index contributed by atoms with van der Waals surface area (Å²) in [6.45, 7) is 3.69. The van der Waals surface area contributed by atoms with Crippen molar-refractivity contribution < 1.29 is 14.7 Å². The maximum absolute atomic E-state index is 11.3. The zero-order chi connectivity index (χ0) is 11.8. The van der Waals surface area contributed by atoms with Gasteiger partial charge in [0.05, 0.1) is 0 Å². The molecule has 0 bridgehead atoms. The molecule has 88 valence electrons. The molecule has 0 aliphatic carbocycles. The Kier molecular flexibility index (Phi) is 6.70. The summed E-state index contributed by atoms with van der Waals surface area (Å²) in [7, 11) is 0. The number of aliphatic carboxylic acids is 1. The molecule has 5 heteroatoms. The van der Waals surface area contributed by atoms with E-state index in [9.17, 15) is 9.59 Å². The molecule has 0 aliphatic rings. The molecule has 0 saturated heterocycles. The van der Waals surface area contributed by atoms with Gasteiger partial charge in [0.25, 0.3) is 0 Å². The van der Waals surface area contributed by atoms with Crippen LogP contribution in [0.1, 0.15) is 39.5 Å². The van der Waals surface area contributed by atoms with Gasteiger partial charge in [0.1, 0.15) is 6.04 Å². The quantitative estimate of drug-likeness (QED) is 0.577. The van der Waals surface area contributed by atoms with Crippen molar-refractivity contribution in [3.05, 3.63) is 0 Å². The van der Waals surface area contributed by atoms with E-state index in [0.29, 0.717) is 12.8 Å². The third kappa shape index (κ3) is 6.90. The summed E-state index contributed by atoms with van der Waals surface area (Å²) in [5.41, 5.74) is 5.49. The van der Waals surface area contributed by atoms with Crippen molar-refractivity contribution in [2.45, 2.75) is 51.6 Å². The standard InChI is InChI=1S/C10H20N2O3/c1-3-4-8(10(14)15)12-9(13)6-5-7(2)11/h7-8H,3-6,11H2,1-2H3,(H,12,13)(H,14,15)/t7?,8-/m1/s1. The van der Waals surface area contributed by atoms with Gasteiger partial charge in [0.2, 0.25) is 5.91 Å². The maximum Gasteiger partial charge on any atom is 0.326 e. The number of nitrogens with two attached hydrogens (primary N) is 1. The van der Waals surface area contributed by atoms with E-state index in [-0.39, 0.29) is 18.4 Å². The predicted molar refractivity (Wildman–Crippen MR) is 57.4 cm³/mol. The molecule has 5 nitrogen and oxygen atoms in total. The van der Waals surface area contributed by atoms with Gasteiger partial charge < -0.3 is 16.2 Å². The van der Waals surface area contributed by atoms with Crippen molar-refractivity contribution in [2.24, 2.45) is 5.73 Å². The van der Waals surface area contributed by atoms with E-state index in [0.717, 1.165) is 6.42 Å². The monoisotopic (exact) mass is 216 g/mol. The molecule has 0 spiro atoms. The lowest BCUT2D eigenvalue weighted by Gasteiger charge is -2.13. The number of hydrogen-bond acceptors (Lipinski definition) is 3. The summed E-state index contributed by atoms with van der Waals surface area (Å²) in [6, 6.07) is -0.805. The summed E-state index contributed by atoms with van der Waals surface area (Å²) in [5.74, 6) is -1.22. The van der Waals surface area contributed by atoms with Crippen LogP contribution in [0.15, 0.2) is 0 Å². The van der Waals surface area contributed by atoms with Crippen molar-refractivity contribution in [1.29, 1.82) is 0 Å². The maximum atomic E-state index is 11.3. The Balaban J connectivity index is 3.94. The van der Waals surface area contributed by atoms with Gasteiger partial charge in [-0.3, -0.25) is 4.79 Å². The molecule has 0 saturated carbocycles. The fourth-order valence-electron chi connectivity index (χ4n) is 1.17. The van der Waals surface area contributed by atoms with Crippen LogP contribution in [0.4, 0.5) is 0 Å². The molecule has 0 heterocycles. The normalized spacial score (nSPS) is 14.3. The summed E-state index contributed by atoms with van der Waals surface area (Å²) in [4.78, 5) is 22.0. The van der Waals surface area contributed by atoms with Crippen molar-refractivity contribution in [3.8, 4) is 0 Å². The Bertz CT molecular complexity index is 217. The molecule has 0 aromatic rings. The van der Waals surface area contributed by atoms with Crippen molar-refractivity contribution in [2.75, 3.05) is 0 Å². The molecule has 0 aromatic heterocycles. The first-order valence-corrected chi connectivity index (χ1v) is 5.25. The second kappa shape index (κ2) is 7.23. The largest absolute Gasteiger partial charge is 0.480 e. The molecule has 1 amide bonds. The lowest BCUT2D eigenvalue weighted by Crippen LogP contribution is -2.40. The predicted octanol–water partition coefficient (Wildman–Crippen LogP) is 0.483. The van der Waals surface area contributed by atoms with E-state index < -0.39 is 12.0 Å². The van der Waals surface area contributed by atoms with Gasteiger partial charge in [-0.25, -0.2) is 4.79 Å². The van der Waals surface area contributed by atoms with E-state index in [1.54, 1.807) is 0 Å². The molecule has 1 unspecified atom stereocenters. The van der Waals surface area contributed by atoms with Crippen molar-refractivity contribution in [3.63, 3.8) is 0 Å². The van der Waals surface area contributed by atoms with Crippen LogP contribution in [-0.2, 0) is 9.59 Å². The third-order valence-corrected chi connectivity index (χ3v) is 2.04. The highest BCUT2D eigenvalue weighted by Gasteiger charge is 2.18. The molecule has 0 aromatic carbocycles. The minimum Gasteiger partial charge on any atom is -0.480 e. The van der Waals surface area contributed by atoms with Crippen LogP contribution in [-0.4, -0.2) is 29.1 Å². The lowest BCUT2D eigenvalue weighted by atomic mass is 10.1. The lowest BCUT2D eigenvalue weighted by molar-refractivity contribution is -0.142. The number of carboxylic acids is 1. The Morgan fingerprint density at radius 1 is 1.40 bits per heavy atom. The smallest absolute Gasteiger partial charge is 0.326 e. The van der Waals surface area contributed by atoms with Crippen LogP contribution in [0.25, 0.3) is 0 Å². The Morgan fingerprint density at radius 2 is 2.00 bits per heavy atom. The van der Waals surface area contributed by atoms with Gasteiger partial charge in [0, 0.05) is 12.5 Å². The number of amides is 1. The number of carbonyl (C=O) groups excluding carboxylic acids is 1. The number of rotatable bonds is 7. The molecule has 0 radical (unpaired) electrons. The van der Waals surface area contributed by atoms with Crippen LogP contribution in [0.2, 0.25) is 0 Å². The zero-order valence-corrected chi connectivity index (χ0v) is 9.32. The minimum atomic E-state index is -0.981. The van der Waals surface area contributed by atoms with Crippen molar-refractivity contribution >= 4 is 11.9 Å². The first-order chi connectivity index (χ1) is 6.97. The second-order valence-electron chi connectivity index (χ2n) is 3.76. The second-order valence-corrected chi connectivity index (χ2v) is 3.76. The van der Waals surface area contributed by atoms with Crippen LogP contribution in [0, 0.1) is 0 Å². The van der Waals surface area contributed by atoms with Crippen LogP contribution in [0.5, 0.6) is 0 Å². The first kappa shape index (κ1) is 13.9. The van der Waals surface area contributed by atoms with Crippen LogP contribution < -0.4 is 11.1 Å². The van der Waals surface area contributed by atoms with Gasteiger partial charge in [-0.05, 0) is 19.8 Å². The molecule has 15 heavy (non-hydrogen) atoms. The molecule has 0 fully saturated rings. The molecule has 0 rings (SSSR count). The Morgan fingerprint density at radius 3 is 2.40 bits per heavy atom. The Hall–Kier alpha value is -1.10. The molecule has 0 aliphatic heterocycles. The number of nitrogens with one attached hydrogen (secondary N) is 1. The van der Waals surface area contributed by atoms with Gasteiger partial charge in [-0.2, -0.15) is 0 Å². The van der Waals surface area contributed by atoms with E-state index in [2.05, 4.69) is 5.32 Å². The van der Waals surface area contributed by atoms with Gasteiger partial charge in [-0.1, -0.05) is 13.3 Å². The summed E-state index contributed by atoms with van der Waals surface area (Å²) in [6.07, 6.45) is 2.04. The topological polar surface area (TPSA) is 92.4 Å². The molecule has 4 N–H and O–H groups in total. The number of hydrogen-bond donors (Lipinski definition) is 3. The van der Waals surface area contributed by atoms with E-state index in [1.807, 2.05) is 13.8 Å². The van der Waals surface area contributed by atoms with E-state index in [1.165, 1.54) is 0 Å². The van der Waals surface area contributed by atoms with Gasteiger partial charge in [-0.15, -0.1) is 0 Å². The van der Waals surface area contributed by atoms with Crippen LogP contribution >= 0.6 is 0 Å². The first-order valence-electron chi connectivity index (χ1n) is 5.25. The van der Waals surface area contributed by atoms with Crippen molar-refractivity contribution in [1.82, 2.24) is 5.32 Å². The molecular formula is C10H20N2O3. The average molecular weight is 216 g/mol. The minimum absolute atomic E-state index is 0.0368. The summed E-state index contributed by atoms with van der Waals surface area (Å²) >= 11 is 0. The summed E-state index contributed by atoms with van der Waals surface area (Å²) < 4.78 is 0. The number of carbonyl (C=O) groups is 2.